The molecule has 0 spiro atoms. The van der Waals surface area contributed by atoms with Crippen molar-refractivity contribution >= 4 is 34.8 Å². The van der Waals surface area contributed by atoms with Crippen LogP contribution in [0.5, 0.6) is 0 Å². The molecule has 1 aliphatic carbocycles. The number of ether oxygens (including phenoxy) is 2. The van der Waals surface area contributed by atoms with Gasteiger partial charge in [0, 0.05) is 18.7 Å². The average Bonchev–Trinajstić information content (AvgIpc) is 4.17. The van der Waals surface area contributed by atoms with Crippen LogP contribution in [-0.4, -0.2) is 87.1 Å². The number of alkyl carbamates (subject to hydrolysis) is 2. The number of methoxy groups -OCH3 is 2. The van der Waals surface area contributed by atoms with Crippen LogP contribution in [0.3, 0.4) is 0 Å². The maximum atomic E-state index is 14.5. The molecule has 4 heterocycles. The fourth-order valence-corrected chi connectivity index (χ4v) is 9.71. The number of H-pyrrole nitrogens is 2. The van der Waals surface area contributed by atoms with Gasteiger partial charge in [0.2, 0.25) is 5.91 Å². The van der Waals surface area contributed by atoms with Gasteiger partial charge in [0.25, 0.3) is 5.91 Å². The van der Waals surface area contributed by atoms with Gasteiger partial charge in [0.15, 0.2) is 0 Å². The average molecular weight is 849 g/mol. The summed E-state index contributed by atoms with van der Waals surface area (Å²) in [5.74, 6) is 1.06. The number of benzene rings is 4. The van der Waals surface area contributed by atoms with E-state index in [1.165, 1.54) is 14.2 Å². The minimum absolute atomic E-state index is 0.108. The Bertz CT molecular complexity index is 2690. The summed E-state index contributed by atoms with van der Waals surface area (Å²) in [5, 5.41) is 7.83. The third-order valence-corrected chi connectivity index (χ3v) is 13.1. The second-order valence-electron chi connectivity index (χ2n) is 17.1. The van der Waals surface area contributed by atoms with Gasteiger partial charge in [-0.1, -0.05) is 86.6 Å². The zero-order chi connectivity index (χ0) is 43.8. The summed E-state index contributed by atoms with van der Waals surface area (Å²) in [6, 6.07) is 27.8. The van der Waals surface area contributed by atoms with Gasteiger partial charge in [-0.2, -0.15) is 0 Å². The van der Waals surface area contributed by atoms with Gasteiger partial charge < -0.3 is 39.9 Å². The Labute approximate surface area is 365 Å². The number of aromatic amines is 2. The van der Waals surface area contributed by atoms with Crippen molar-refractivity contribution in [2.75, 3.05) is 27.3 Å². The lowest BCUT2D eigenvalue weighted by molar-refractivity contribution is -0.140. The van der Waals surface area contributed by atoms with Gasteiger partial charge in [-0.05, 0) is 95.2 Å². The fourth-order valence-electron chi connectivity index (χ4n) is 9.71. The first-order valence-electron chi connectivity index (χ1n) is 21.7. The Hall–Kier alpha value is -6.96. The normalized spacial score (nSPS) is 19.9. The monoisotopic (exact) mass is 848 g/mol. The van der Waals surface area contributed by atoms with E-state index >= 15 is 0 Å². The van der Waals surface area contributed by atoms with E-state index < -0.39 is 23.8 Å². The molecule has 4 aromatic carbocycles. The molecule has 14 nitrogen and oxygen atoms in total. The van der Waals surface area contributed by atoms with Crippen molar-refractivity contribution in [2.24, 2.45) is 5.92 Å². The molecule has 2 aliphatic heterocycles. The van der Waals surface area contributed by atoms with E-state index in [1.54, 1.807) is 0 Å². The smallest absolute Gasteiger partial charge is 0.407 e. The number of aryl methyl sites for hydroxylation is 1. The predicted octanol–water partition coefficient (Wildman–Crippen LogP) is 8.19. The number of imidazole rings is 2. The number of carbonyl (C=O) groups excluding carboxylic acids is 4. The molecule has 0 bridgehead atoms. The second-order valence-corrected chi connectivity index (χ2v) is 17.1. The van der Waals surface area contributed by atoms with Crippen molar-refractivity contribution in [2.45, 2.75) is 76.0 Å². The lowest BCUT2D eigenvalue weighted by atomic mass is 9.89. The Morgan fingerprint density at radius 3 is 1.95 bits per heavy atom. The molecule has 0 radical (unpaired) electrons. The quantitative estimate of drug-likeness (QED) is 0.107. The highest BCUT2D eigenvalue weighted by atomic mass is 16.5. The largest absolute Gasteiger partial charge is 0.453 e. The van der Waals surface area contributed by atoms with Crippen LogP contribution in [0, 0.1) is 5.92 Å². The standard InChI is InChI=1S/C49H52N8O6/c1-29(2)42(54-47(60)62-3)45(58)56-23-7-11-40(56)43-51-28-39(53-43)36-20-19-34-25-33(17-18-35(34)26-36)30-13-15-32(16-14-30)38-27-50-44(52-38)41-12-8-24-57(41)46(59)49(55-48(61)63-4)22-21-31-9-5-6-10-37(31)49/h5-6,9-10,13-20,25-29,40-42H,7-8,11-12,21-24H2,1-4H3,(H,50,52)(H,51,53)(H,54,60)(H,55,61)/t40?,41-,42-,49?/m0/s1. The number of hydrogen-bond donors (Lipinski definition) is 4. The topological polar surface area (TPSA) is 175 Å². The predicted molar refractivity (Wildman–Crippen MR) is 238 cm³/mol. The maximum absolute atomic E-state index is 14.5. The molecule has 2 fully saturated rings. The van der Waals surface area contributed by atoms with Gasteiger partial charge in [0.1, 0.15) is 23.2 Å². The van der Waals surface area contributed by atoms with Crippen LogP contribution in [0.2, 0.25) is 0 Å². The number of aromatic nitrogens is 4. The van der Waals surface area contributed by atoms with E-state index in [0.29, 0.717) is 25.9 Å². The Morgan fingerprint density at radius 1 is 0.714 bits per heavy atom. The van der Waals surface area contributed by atoms with E-state index in [1.807, 2.05) is 60.3 Å². The van der Waals surface area contributed by atoms with Crippen molar-refractivity contribution in [3.63, 3.8) is 0 Å². The molecule has 0 saturated carbocycles. The van der Waals surface area contributed by atoms with Crippen molar-refractivity contribution in [1.82, 2.24) is 40.4 Å². The number of nitrogens with one attached hydrogen (secondary N) is 4. The summed E-state index contributed by atoms with van der Waals surface area (Å²) >= 11 is 0. The van der Waals surface area contributed by atoms with E-state index in [4.69, 9.17) is 19.4 Å². The molecule has 6 aromatic rings. The number of carbonyl (C=O) groups is 4. The first-order chi connectivity index (χ1) is 30.6. The SMILES string of the molecule is COC(=O)N[C@H](C(=O)N1CCCC1c1ncc(-c2ccc3cc(-c4ccc(-c5cnc([C@@H]6CCCN6C(=O)C6(NC(=O)OC)CCc7ccccc76)[nH]5)cc4)ccc3c2)[nH]1)C(C)C. The van der Waals surface area contributed by atoms with Gasteiger partial charge in [0.05, 0.1) is 50.1 Å². The third-order valence-electron chi connectivity index (χ3n) is 13.1. The van der Waals surface area contributed by atoms with E-state index in [9.17, 15) is 19.2 Å². The molecule has 63 heavy (non-hydrogen) atoms. The number of fused-ring (bicyclic) bond motifs is 2. The number of likely N-dealkylation sites (tertiary alicyclic amines) is 2. The fraction of sp³-hybridized carbons (Fsp3) is 0.347. The van der Waals surface area contributed by atoms with Crippen molar-refractivity contribution in [1.29, 1.82) is 0 Å². The lowest BCUT2D eigenvalue weighted by Crippen LogP contribution is -2.56. The van der Waals surface area contributed by atoms with Crippen LogP contribution < -0.4 is 10.6 Å². The Morgan fingerprint density at radius 2 is 1.29 bits per heavy atom. The van der Waals surface area contributed by atoms with Crippen LogP contribution in [0.25, 0.3) is 44.4 Å². The number of rotatable bonds is 10. The van der Waals surface area contributed by atoms with Gasteiger partial charge in [-0.15, -0.1) is 0 Å². The number of amides is 4. The Balaban J connectivity index is 0.882. The molecule has 3 aliphatic rings. The number of hydrogen-bond acceptors (Lipinski definition) is 8. The summed E-state index contributed by atoms with van der Waals surface area (Å²) in [6.45, 7) is 4.97. The van der Waals surface area contributed by atoms with Gasteiger partial charge in [-0.25, -0.2) is 19.6 Å². The minimum atomic E-state index is -1.19. The third kappa shape index (κ3) is 7.78. The molecule has 4 atom stereocenters. The molecule has 4 N–H and O–H groups in total. The molecule has 14 heteroatoms. The zero-order valence-corrected chi connectivity index (χ0v) is 35.9. The molecule has 2 saturated heterocycles. The molecule has 2 aromatic heterocycles. The van der Waals surface area contributed by atoms with E-state index in [2.05, 4.69) is 81.3 Å². The summed E-state index contributed by atoms with van der Waals surface area (Å²) in [7, 11) is 2.61. The summed E-state index contributed by atoms with van der Waals surface area (Å²) in [6.07, 6.45) is 6.77. The molecular formula is C49H52N8O6. The highest BCUT2D eigenvalue weighted by molar-refractivity contribution is 5.93. The molecular weight excluding hydrogens is 797 g/mol. The van der Waals surface area contributed by atoms with Gasteiger partial charge in [-0.3, -0.25) is 9.59 Å². The second kappa shape index (κ2) is 17.1. The van der Waals surface area contributed by atoms with Crippen LogP contribution in [-0.2, 0) is 31.0 Å². The number of nitrogens with zero attached hydrogens (tertiary/aromatic N) is 4. The highest BCUT2D eigenvalue weighted by Gasteiger charge is 2.51. The highest BCUT2D eigenvalue weighted by Crippen LogP contribution is 2.43. The molecule has 4 amide bonds. The summed E-state index contributed by atoms with van der Waals surface area (Å²) < 4.78 is 9.76. The summed E-state index contributed by atoms with van der Waals surface area (Å²) in [5.41, 5.74) is 6.55. The Kier molecular flexibility index (Phi) is 11.2. The van der Waals surface area contributed by atoms with Crippen LogP contribution in [0.4, 0.5) is 9.59 Å². The molecule has 324 valence electrons. The first-order valence-corrected chi connectivity index (χ1v) is 21.7. The van der Waals surface area contributed by atoms with E-state index in [0.717, 1.165) is 92.9 Å². The van der Waals surface area contributed by atoms with Crippen molar-refractivity contribution < 1.29 is 28.7 Å². The van der Waals surface area contributed by atoms with Gasteiger partial charge >= 0.3 is 12.2 Å². The van der Waals surface area contributed by atoms with Crippen LogP contribution in [0.15, 0.2) is 97.3 Å². The zero-order valence-electron chi connectivity index (χ0n) is 35.9. The van der Waals surface area contributed by atoms with E-state index in [-0.39, 0.29) is 29.8 Å². The van der Waals surface area contributed by atoms with Crippen molar-refractivity contribution in [3.05, 3.63) is 120 Å². The summed E-state index contributed by atoms with van der Waals surface area (Å²) in [4.78, 5) is 72.9. The van der Waals surface area contributed by atoms with Crippen LogP contribution in [0.1, 0.15) is 80.8 Å². The van der Waals surface area contributed by atoms with Crippen molar-refractivity contribution in [3.8, 4) is 33.6 Å². The lowest BCUT2D eigenvalue weighted by Gasteiger charge is -2.36. The first kappa shape index (κ1) is 41.4. The van der Waals surface area contributed by atoms with Crippen LogP contribution >= 0.6 is 0 Å². The molecule has 9 rings (SSSR count). The maximum Gasteiger partial charge on any atom is 0.407 e. The molecule has 2 unspecified atom stereocenters. The minimum Gasteiger partial charge on any atom is -0.453 e.